The number of rotatable bonds is 4. The molecule has 3 heteroatoms. The second kappa shape index (κ2) is 7.52. The van der Waals surface area contributed by atoms with Crippen molar-refractivity contribution in [2.75, 3.05) is 5.32 Å². The van der Waals surface area contributed by atoms with Crippen molar-refractivity contribution in [3.05, 3.63) is 83.0 Å². The molecule has 3 nitrogen and oxygen atoms in total. The molecule has 1 heterocycles. The Morgan fingerprint density at radius 3 is 2.31 bits per heavy atom. The highest BCUT2D eigenvalue weighted by Crippen LogP contribution is 2.28. The lowest BCUT2D eigenvalue weighted by Crippen LogP contribution is -2.16. The van der Waals surface area contributed by atoms with E-state index in [1.807, 2.05) is 68.4 Å². The molecule has 0 bridgehead atoms. The Hall–Kier alpha value is -2.94. The van der Waals surface area contributed by atoms with E-state index in [0.717, 1.165) is 33.8 Å². The average Bonchev–Trinajstić information content (AvgIpc) is 2.63. The Morgan fingerprint density at radius 2 is 1.65 bits per heavy atom. The number of anilines is 1. The Balaban J connectivity index is 1.90. The van der Waals surface area contributed by atoms with Gasteiger partial charge in [-0.3, -0.25) is 9.78 Å². The smallest absolute Gasteiger partial charge is 0.257 e. The molecule has 2 aromatic carbocycles. The van der Waals surface area contributed by atoms with Crippen LogP contribution in [0.2, 0.25) is 0 Å². The van der Waals surface area contributed by atoms with E-state index in [9.17, 15) is 4.79 Å². The molecule has 1 N–H and O–H groups in total. The minimum absolute atomic E-state index is 0.120. The molecule has 0 unspecified atom stereocenters. The monoisotopic (exact) mass is 344 g/mol. The van der Waals surface area contributed by atoms with Gasteiger partial charge in [0.2, 0.25) is 0 Å². The highest BCUT2D eigenvalue weighted by molar-refractivity contribution is 6.06. The van der Waals surface area contributed by atoms with E-state index in [2.05, 4.69) is 30.2 Å². The molecule has 3 rings (SSSR count). The second-order valence-electron chi connectivity index (χ2n) is 6.84. The number of hydrogen-bond acceptors (Lipinski definition) is 2. The Bertz CT molecular complexity index is 930. The van der Waals surface area contributed by atoms with Gasteiger partial charge in [0, 0.05) is 11.3 Å². The zero-order chi connectivity index (χ0) is 18.7. The number of nitrogens with zero attached hydrogens (tertiary/aromatic N) is 1. The molecular formula is C23H24N2O. The van der Waals surface area contributed by atoms with Crippen LogP contribution >= 0.6 is 0 Å². The molecule has 0 aliphatic rings. The zero-order valence-corrected chi connectivity index (χ0v) is 15.7. The van der Waals surface area contributed by atoms with E-state index in [1.165, 1.54) is 0 Å². The minimum Gasteiger partial charge on any atom is -0.321 e. The van der Waals surface area contributed by atoms with E-state index in [0.29, 0.717) is 11.5 Å². The van der Waals surface area contributed by atoms with Gasteiger partial charge in [-0.25, -0.2) is 0 Å². The summed E-state index contributed by atoms with van der Waals surface area (Å²) >= 11 is 0. The van der Waals surface area contributed by atoms with Crippen molar-refractivity contribution in [2.45, 2.75) is 33.6 Å². The predicted molar refractivity (Wildman–Crippen MR) is 108 cm³/mol. The maximum atomic E-state index is 12.9. The van der Waals surface area contributed by atoms with Crippen molar-refractivity contribution in [2.24, 2.45) is 0 Å². The Kier molecular flexibility index (Phi) is 5.17. The molecule has 0 fully saturated rings. The third-order valence-electron chi connectivity index (χ3n) is 4.57. The van der Waals surface area contributed by atoms with Gasteiger partial charge in [-0.1, -0.05) is 62.4 Å². The standard InChI is InChI=1S/C23H24N2O/c1-15(2)19-12-8-9-16(3)22(19)25-23(26)20-13-14-21(24-17(20)4)18-10-6-5-7-11-18/h5-15H,1-4H3,(H,25,26). The second-order valence-corrected chi connectivity index (χ2v) is 6.84. The van der Waals surface area contributed by atoms with Gasteiger partial charge in [-0.2, -0.15) is 0 Å². The van der Waals surface area contributed by atoms with Gasteiger partial charge in [-0.05, 0) is 43.0 Å². The van der Waals surface area contributed by atoms with E-state index < -0.39 is 0 Å². The summed E-state index contributed by atoms with van der Waals surface area (Å²) in [7, 11) is 0. The molecule has 1 aromatic heterocycles. The highest BCUT2D eigenvalue weighted by atomic mass is 16.1. The third kappa shape index (κ3) is 3.67. The summed E-state index contributed by atoms with van der Waals surface area (Å²) in [4.78, 5) is 17.5. The minimum atomic E-state index is -0.120. The van der Waals surface area contributed by atoms with Gasteiger partial charge in [-0.15, -0.1) is 0 Å². The SMILES string of the molecule is Cc1cccc(C(C)C)c1NC(=O)c1ccc(-c2ccccc2)nc1C. The van der Waals surface area contributed by atoms with Crippen LogP contribution in [0.3, 0.4) is 0 Å². The van der Waals surface area contributed by atoms with Crippen LogP contribution in [0.5, 0.6) is 0 Å². The topological polar surface area (TPSA) is 42.0 Å². The van der Waals surface area contributed by atoms with Crippen molar-refractivity contribution in [1.29, 1.82) is 0 Å². The summed E-state index contributed by atoms with van der Waals surface area (Å²) in [6, 6.07) is 19.9. The lowest BCUT2D eigenvalue weighted by molar-refractivity contribution is 0.102. The summed E-state index contributed by atoms with van der Waals surface area (Å²) in [6.45, 7) is 8.16. The molecule has 26 heavy (non-hydrogen) atoms. The molecule has 0 radical (unpaired) electrons. The number of carbonyl (C=O) groups is 1. The van der Waals surface area contributed by atoms with Gasteiger partial charge in [0.1, 0.15) is 0 Å². The van der Waals surface area contributed by atoms with Crippen molar-refractivity contribution in [1.82, 2.24) is 4.98 Å². The van der Waals surface area contributed by atoms with Crippen LogP contribution in [-0.2, 0) is 0 Å². The van der Waals surface area contributed by atoms with Gasteiger partial charge in [0.25, 0.3) is 5.91 Å². The van der Waals surface area contributed by atoms with Gasteiger partial charge < -0.3 is 5.32 Å². The highest BCUT2D eigenvalue weighted by Gasteiger charge is 2.16. The first-order chi connectivity index (χ1) is 12.5. The lowest BCUT2D eigenvalue weighted by Gasteiger charge is -2.17. The molecule has 1 amide bonds. The Morgan fingerprint density at radius 1 is 0.923 bits per heavy atom. The largest absolute Gasteiger partial charge is 0.321 e. The number of aryl methyl sites for hydroxylation is 2. The number of amides is 1. The number of aromatic nitrogens is 1. The van der Waals surface area contributed by atoms with E-state index in [4.69, 9.17) is 0 Å². The number of pyridine rings is 1. The first kappa shape index (κ1) is 17.9. The molecule has 3 aromatic rings. The number of carbonyl (C=O) groups excluding carboxylic acids is 1. The molecule has 0 atom stereocenters. The number of hydrogen-bond donors (Lipinski definition) is 1. The van der Waals surface area contributed by atoms with Crippen LogP contribution in [0.15, 0.2) is 60.7 Å². The molecule has 132 valence electrons. The normalized spacial score (nSPS) is 10.8. The molecule has 0 spiro atoms. The molecular weight excluding hydrogens is 320 g/mol. The van der Waals surface area contributed by atoms with E-state index in [-0.39, 0.29) is 5.91 Å². The van der Waals surface area contributed by atoms with Crippen molar-refractivity contribution >= 4 is 11.6 Å². The third-order valence-corrected chi connectivity index (χ3v) is 4.57. The first-order valence-electron chi connectivity index (χ1n) is 8.91. The van der Waals surface area contributed by atoms with Gasteiger partial charge in [0.15, 0.2) is 0 Å². The lowest BCUT2D eigenvalue weighted by atomic mass is 9.98. The van der Waals surface area contributed by atoms with Crippen molar-refractivity contribution in [3.63, 3.8) is 0 Å². The predicted octanol–water partition coefficient (Wildman–Crippen LogP) is 5.74. The van der Waals surface area contributed by atoms with Crippen LogP contribution in [-0.4, -0.2) is 10.9 Å². The molecule has 0 aliphatic carbocycles. The molecule has 0 saturated heterocycles. The van der Waals surface area contributed by atoms with Gasteiger partial charge >= 0.3 is 0 Å². The van der Waals surface area contributed by atoms with Crippen LogP contribution < -0.4 is 5.32 Å². The van der Waals surface area contributed by atoms with Crippen molar-refractivity contribution in [3.8, 4) is 11.3 Å². The Labute approximate surface area is 155 Å². The maximum absolute atomic E-state index is 12.9. The first-order valence-corrected chi connectivity index (χ1v) is 8.91. The molecule has 0 saturated carbocycles. The fourth-order valence-corrected chi connectivity index (χ4v) is 3.09. The quantitative estimate of drug-likeness (QED) is 0.655. The van der Waals surface area contributed by atoms with E-state index in [1.54, 1.807) is 0 Å². The summed E-state index contributed by atoms with van der Waals surface area (Å²) in [5.74, 6) is 0.218. The number of para-hydroxylation sites is 1. The fraction of sp³-hybridized carbons (Fsp3) is 0.217. The number of benzene rings is 2. The fourth-order valence-electron chi connectivity index (χ4n) is 3.09. The van der Waals surface area contributed by atoms with Crippen LogP contribution in [0.1, 0.15) is 46.9 Å². The van der Waals surface area contributed by atoms with Crippen molar-refractivity contribution < 1.29 is 4.79 Å². The summed E-state index contributed by atoms with van der Waals surface area (Å²) in [5, 5.41) is 3.10. The summed E-state index contributed by atoms with van der Waals surface area (Å²) in [6.07, 6.45) is 0. The molecule has 0 aliphatic heterocycles. The summed E-state index contributed by atoms with van der Waals surface area (Å²) in [5.41, 5.74) is 6.35. The summed E-state index contributed by atoms with van der Waals surface area (Å²) < 4.78 is 0. The zero-order valence-electron chi connectivity index (χ0n) is 15.7. The average molecular weight is 344 g/mol. The van der Waals surface area contributed by atoms with Crippen LogP contribution in [0.4, 0.5) is 5.69 Å². The van der Waals surface area contributed by atoms with E-state index >= 15 is 0 Å². The van der Waals surface area contributed by atoms with Crippen LogP contribution in [0.25, 0.3) is 11.3 Å². The van der Waals surface area contributed by atoms with Crippen LogP contribution in [0, 0.1) is 13.8 Å². The number of nitrogens with one attached hydrogen (secondary N) is 1. The van der Waals surface area contributed by atoms with Gasteiger partial charge in [0.05, 0.1) is 17.0 Å². The maximum Gasteiger partial charge on any atom is 0.257 e.